The van der Waals surface area contributed by atoms with Gasteiger partial charge in [-0.25, -0.2) is 0 Å². The van der Waals surface area contributed by atoms with Crippen molar-refractivity contribution in [2.45, 2.75) is 32.4 Å². The van der Waals surface area contributed by atoms with Crippen molar-refractivity contribution in [2.75, 3.05) is 13.1 Å². The summed E-state index contributed by atoms with van der Waals surface area (Å²) in [4.78, 5) is 23.4. The van der Waals surface area contributed by atoms with Crippen LogP contribution in [0, 0.1) is 0 Å². The van der Waals surface area contributed by atoms with E-state index in [1.54, 1.807) is 12.1 Å². The highest BCUT2D eigenvalue weighted by atomic mass is 35.5. The predicted molar refractivity (Wildman–Crippen MR) is 84.6 cm³/mol. The van der Waals surface area contributed by atoms with Crippen LogP contribution >= 0.6 is 12.4 Å². The molecule has 1 aromatic rings. The Morgan fingerprint density at radius 3 is 2.52 bits per heavy atom. The fourth-order valence-corrected chi connectivity index (χ4v) is 2.26. The number of benzene rings is 1. The molecule has 2 rings (SSSR count). The van der Waals surface area contributed by atoms with Crippen LogP contribution in [0.3, 0.4) is 0 Å². The summed E-state index contributed by atoms with van der Waals surface area (Å²) in [6.07, 6.45) is 1.96. The summed E-state index contributed by atoms with van der Waals surface area (Å²) in [5.41, 5.74) is 1.63. The first-order valence-corrected chi connectivity index (χ1v) is 7.09. The van der Waals surface area contributed by atoms with Gasteiger partial charge < -0.3 is 16.0 Å². The summed E-state index contributed by atoms with van der Waals surface area (Å²) >= 11 is 0. The standard InChI is InChI=1S/C15H21N3O2.ClH/c1-2-16-14(19)12-7-5-11(6-8-12)10-18-15(20)13-4-3-9-17-13;/h5-8,13,17H,2-4,9-10H2,1H3,(H,16,19)(H,18,20);1H. The average Bonchev–Trinajstić information content (AvgIpc) is 3.00. The second-order valence-corrected chi connectivity index (χ2v) is 4.92. The molecule has 3 N–H and O–H groups in total. The molecule has 1 aliphatic rings. The maximum absolute atomic E-state index is 11.8. The van der Waals surface area contributed by atoms with Crippen molar-refractivity contribution in [1.82, 2.24) is 16.0 Å². The zero-order valence-corrected chi connectivity index (χ0v) is 13.0. The van der Waals surface area contributed by atoms with Crippen molar-refractivity contribution in [1.29, 1.82) is 0 Å². The van der Waals surface area contributed by atoms with Crippen LogP contribution in [0.1, 0.15) is 35.7 Å². The number of nitrogens with one attached hydrogen (secondary N) is 3. The van der Waals surface area contributed by atoms with Crippen LogP contribution in [-0.2, 0) is 11.3 Å². The minimum Gasteiger partial charge on any atom is -0.352 e. The molecule has 0 saturated carbocycles. The van der Waals surface area contributed by atoms with Gasteiger partial charge in [-0.15, -0.1) is 12.4 Å². The molecule has 1 saturated heterocycles. The summed E-state index contributed by atoms with van der Waals surface area (Å²) in [6.45, 7) is 3.91. The Morgan fingerprint density at radius 2 is 1.95 bits per heavy atom. The minimum absolute atomic E-state index is 0. The van der Waals surface area contributed by atoms with Gasteiger partial charge in [0.1, 0.15) is 0 Å². The molecule has 5 nitrogen and oxygen atoms in total. The van der Waals surface area contributed by atoms with E-state index < -0.39 is 0 Å². The molecule has 1 fully saturated rings. The molecule has 1 atom stereocenters. The van der Waals surface area contributed by atoms with Crippen LogP contribution in [-0.4, -0.2) is 30.9 Å². The summed E-state index contributed by atoms with van der Waals surface area (Å²) in [5.74, 6) is -0.0199. The first-order chi connectivity index (χ1) is 9.70. The lowest BCUT2D eigenvalue weighted by Gasteiger charge is -2.11. The van der Waals surface area contributed by atoms with E-state index in [0.29, 0.717) is 18.7 Å². The summed E-state index contributed by atoms with van der Waals surface area (Å²) in [6, 6.07) is 7.24. The quantitative estimate of drug-likeness (QED) is 0.766. The van der Waals surface area contributed by atoms with Gasteiger partial charge >= 0.3 is 0 Å². The van der Waals surface area contributed by atoms with E-state index in [1.165, 1.54) is 0 Å². The first-order valence-electron chi connectivity index (χ1n) is 7.09. The second-order valence-electron chi connectivity index (χ2n) is 4.92. The number of rotatable bonds is 5. The molecule has 0 aliphatic carbocycles. The third kappa shape index (κ3) is 5.02. The van der Waals surface area contributed by atoms with Gasteiger partial charge in [-0.3, -0.25) is 9.59 Å². The number of hydrogen-bond acceptors (Lipinski definition) is 3. The maximum Gasteiger partial charge on any atom is 0.251 e. The average molecular weight is 312 g/mol. The van der Waals surface area contributed by atoms with Crippen LogP contribution < -0.4 is 16.0 Å². The van der Waals surface area contributed by atoms with Gasteiger partial charge in [0.25, 0.3) is 5.91 Å². The van der Waals surface area contributed by atoms with Crippen LogP contribution in [0.15, 0.2) is 24.3 Å². The first kappa shape index (κ1) is 17.5. The fourth-order valence-electron chi connectivity index (χ4n) is 2.26. The zero-order valence-electron chi connectivity index (χ0n) is 12.1. The molecule has 21 heavy (non-hydrogen) atoms. The topological polar surface area (TPSA) is 70.2 Å². The predicted octanol–water partition coefficient (Wildman–Crippen LogP) is 1.23. The smallest absolute Gasteiger partial charge is 0.251 e. The number of hydrogen-bond donors (Lipinski definition) is 3. The Hall–Kier alpha value is -1.59. The Balaban J connectivity index is 0.00000220. The highest BCUT2D eigenvalue weighted by Gasteiger charge is 2.21. The molecule has 0 spiro atoms. The van der Waals surface area contributed by atoms with Gasteiger partial charge in [0.15, 0.2) is 0 Å². The lowest BCUT2D eigenvalue weighted by molar-refractivity contribution is -0.122. The molecule has 1 unspecified atom stereocenters. The molecule has 1 aromatic carbocycles. The van der Waals surface area contributed by atoms with Crippen molar-refractivity contribution >= 4 is 24.2 Å². The van der Waals surface area contributed by atoms with Gasteiger partial charge in [-0.2, -0.15) is 0 Å². The number of carbonyl (C=O) groups is 2. The van der Waals surface area contributed by atoms with Crippen molar-refractivity contribution < 1.29 is 9.59 Å². The lowest BCUT2D eigenvalue weighted by Crippen LogP contribution is -2.40. The minimum atomic E-state index is -0.0711. The normalized spacial score (nSPS) is 16.9. The summed E-state index contributed by atoms with van der Waals surface area (Å²) < 4.78 is 0. The van der Waals surface area contributed by atoms with Crippen LogP contribution in [0.4, 0.5) is 0 Å². The van der Waals surface area contributed by atoms with Gasteiger partial charge in [0.2, 0.25) is 5.91 Å². The highest BCUT2D eigenvalue weighted by molar-refractivity contribution is 5.94. The molecule has 0 radical (unpaired) electrons. The molecule has 0 bridgehead atoms. The maximum atomic E-state index is 11.8. The van der Waals surface area contributed by atoms with E-state index in [2.05, 4.69) is 16.0 Å². The fraction of sp³-hybridized carbons (Fsp3) is 0.467. The van der Waals surface area contributed by atoms with Gasteiger partial charge in [-0.1, -0.05) is 12.1 Å². The van der Waals surface area contributed by atoms with Crippen LogP contribution in [0.5, 0.6) is 0 Å². The van der Waals surface area contributed by atoms with Gasteiger partial charge in [-0.05, 0) is 44.0 Å². The largest absolute Gasteiger partial charge is 0.352 e. The molecular weight excluding hydrogens is 290 g/mol. The molecular formula is C15H22ClN3O2. The Kier molecular flexibility index (Phi) is 7.19. The number of amides is 2. The number of halogens is 1. The van der Waals surface area contributed by atoms with Crippen LogP contribution in [0.2, 0.25) is 0 Å². The second kappa shape index (κ2) is 8.64. The van der Waals surface area contributed by atoms with Crippen molar-refractivity contribution in [2.24, 2.45) is 0 Å². The Morgan fingerprint density at radius 1 is 1.24 bits per heavy atom. The van der Waals surface area contributed by atoms with Crippen molar-refractivity contribution in [3.8, 4) is 0 Å². The van der Waals surface area contributed by atoms with E-state index in [9.17, 15) is 9.59 Å². The zero-order chi connectivity index (χ0) is 14.4. The summed E-state index contributed by atoms with van der Waals surface area (Å²) in [5, 5.41) is 8.83. The van der Waals surface area contributed by atoms with Crippen molar-refractivity contribution in [3.05, 3.63) is 35.4 Å². The van der Waals surface area contributed by atoms with E-state index >= 15 is 0 Å². The SMILES string of the molecule is CCNC(=O)c1ccc(CNC(=O)C2CCCN2)cc1.Cl. The van der Waals surface area contributed by atoms with Crippen LogP contribution in [0.25, 0.3) is 0 Å². The molecule has 6 heteroatoms. The molecule has 1 heterocycles. The highest BCUT2D eigenvalue weighted by Crippen LogP contribution is 2.07. The number of carbonyl (C=O) groups excluding carboxylic acids is 2. The third-order valence-electron chi connectivity index (χ3n) is 3.40. The van der Waals surface area contributed by atoms with Gasteiger partial charge in [0, 0.05) is 18.7 Å². The summed E-state index contributed by atoms with van der Waals surface area (Å²) in [7, 11) is 0. The lowest BCUT2D eigenvalue weighted by atomic mass is 10.1. The Bertz CT molecular complexity index is 470. The van der Waals surface area contributed by atoms with E-state index in [-0.39, 0.29) is 30.3 Å². The van der Waals surface area contributed by atoms with Gasteiger partial charge in [0.05, 0.1) is 6.04 Å². The molecule has 116 valence electrons. The Labute approximate surface area is 131 Å². The van der Waals surface area contributed by atoms with E-state index in [4.69, 9.17) is 0 Å². The monoisotopic (exact) mass is 311 g/mol. The molecule has 0 aromatic heterocycles. The van der Waals surface area contributed by atoms with Crippen molar-refractivity contribution in [3.63, 3.8) is 0 Å². The molecule has 2 amide bonds. The van der Waals surface area contributed by atoms with E-state index in [0.717, 1.165) is 24.9 Å². The van der Waals surface area contributed by atoms with E-state index in [1.807, 2.05) is 19.1 Å². The molecule has 1 aliphatic heterocycles. The third-order valence-corrected chi connectivity index (χ3v) is 3.40.